The van der Waals surface area contributed by atoms with E-state index in [0.717, 1.165) is 33.2 Å². The molecule has 6 heteroatoms. The van der Waals surface area contributed by atoms with E-state index in [4.69, 9.17) is 9.97 Å². The highest BCUT2D eigenvalue weighted by molar-refractivity contribution is 6.40. The van der Waals surface area contributed by atoms with E-state index in [2.05, 4.69) is 0 Å². The maximum Gasteiger partial charge on any atom is 0.197 e. The summed E-state index contributed by atoms with van der Waals surface area (Å²) in [7, 11) is 0. The SMILES string of the molecule is O=C1C(=CC=C2N(c3ccccc3)c3nc4ccccc4nc3N2c2ccccc2)C(=O)c2cc3ccccc3cc21. The van der Waals surface area contributed by atoms with Gasteiger partial charge >= 0.3 is 0 Å². The molecule has 0 saturated carbocycles. The quantitative estimate of drug-likeness (QED) is 0.167. The van der Waals surface area contributed by atoms with Gasteiger partial charge in [0.25, 0.3) is 0 Å². The summed E-state index contributed by atoms with van der Waals surface area (Å²) >= 11 is 0. The first-order chi connectivity index (χ1) is 20.7. The molecule has 198 valence electrons. The molecule has 0 saturated heterocycles. The van der Waals surface area contributed by atoms with Crippen LogP contribution in [0.15, 0.2) is 145 Å². The number of ketones is 2. The van der Waals surface area contributed by atoms with E-state index in [9.17, 15) is 9.59 Å². The Bertz CT molecular complexity index is 1990. The molecule has 0 bridgehead atoms. The van der Waals surface area contributed by atoms with Crippen molar-refractivity contribution in [2.24, 2.45) is 0 Å². The number of benzene rings is 5. The number of Topliss-reactive ketones (excluding diaryl/α,β-unsaturated/α-hetero) is 2. The van der Waals surface area contributed by atoms with Gasteiger partial charge in [-0.15, -0.1) is 0 Å². The summed E-state index contributed by atoms with van der Waals surface area (Å²) in [5, 5.41) is 1.86. The van der Waals surface area contributed by atoms with Crippen molar-refractivity contribution in [3.05, 3.63) is 156 Å². The maximum atomic E-state index is 13.6. The van der Waals surface area contributed by atoms with Crippen molar-refractivity contribution in [3.8, 4) is 0 Å². The molecule has 0 atom stereocenters. The number of hydrogen-bond acceptors (Lipinski definition) is 6. The van der Waals surface area contributed by atoms with Gasteiger partial charge in [-0.05, 0) is 71.5 Å². The molecule has 6 aromatic rings. The van der Waals surface area contributed by atoms with Crippen LogP contribution in [0.3, 0.4) is 0 Å². The van der Waals surface area contributed by atoms with Crippen LogP contribution >= 0.6 is 0 Å². The summed E-state index contributed by atoms with van der Waals surface area (Å²) in [6.45, 7) is 0. The zero-order valence-corrected chi connectivity index (χ0v) is 22.3. The summed E-state index contributed by atoms with van der Waals surface area (Å²) in [6, 6.07) is 39.0. The molecule has 1 aliphatic heterocycles. The molecule has 1 aliphatic carbocycles. The van der Waals surface area contributed by atoms with Gasteiger partial charge in [-0.25, -0.2) is 9.97 Å². The van der Waals surface area contributed by atoms with Crippen LogP contribution in [-0.4, -0.2) is 21.5 Å². The molecular formula is C36H22N4O2. The molecule has 0 amide bonds. The van der Waals surface area contributed by atoms with Crippen molar-refractivity contribution >= 4 is 56.4 Å². The number of hydrogen-bond donors (Lipinski definition) is 0. The first kappa shape index (κ1) is 24.0. The van der Waals surface area contributed by atoms with Crippen LogP contribution in [0.5, 0.6) is 0 Å². The smallest absolute Gasteiger partial charge is 0.197 e. The van der Waals surface area contributed by atoms with Gasteiger partial charge < -0.3 is 0 Å². The molecule has 1 aromatic heterocycles. The van der Waals surface area contributed by atoms with Crippen LogP contribution in [0.25, 0.3) is 21.8 Å². The van der Waals surface area contributed by atoms with Crippen LogP contribution in [-0.2, 0) is 0 Å². The second kappa shape index (κ2) is 9.35. The molecule has 2 heterocycles. The summed E-state index contributed by atoms with van der Waals surface area (Å²) in [5.41, 5.74) is 4.31. The molecule has 0 N–H and O–H groups in total. The van der Waals surface area contributed by atoms with Crippen molar-refractivity contribution in [3.63, 3.8) is 0 Å². The van der Waals surface area contributed by atoms with Gasteiger partial charge in [0.05, 0.1) is 16.6 Å². The largest absolute Gasteiger partial charge is 0.288 e. The average molecular weight is 543 g/mol. The molecule has 8 rings (SSSR count). The molecule has 0 radical (unpaired) electrons. The lowest BCUT2D eigenvalue weighted by Crippen LogP contribution is -2.22. The monoisotopic (exact) mass is 542 g/mol. The topological polar surface area (TPSA) is 66.4 Å². The molecule has 0 spiro atoms. The molecule has 0 fully saturated rings. The van der Waals surface area contributed by atoms with Crippen LogP contribution in [0.1, 0.15) is 20.7 Å². The number of aromatic nitrogens is 2. The highest BCUT2D eigenvalue weighted by Crippen LogP contribution is 2.48. The number of carbonyl (C=O) groups excluding carboxylic acids is 2. The third-order valence-electron chi connectivity index (χ3n) is 7.71. The third kappa shape index (κ3) is 3.66. The molecule has 2 aliphatic rings. The Labute approximate surface area is 241 Å². The fourth-order valence-electron chi connectivity index (χ4n) is 5.73. The van der Waals surface area contributed by atoms with Gasteiger partial charge in [0.2, 0.25) is 0 Å². The lowest BCUT2D eigenvalue weighted by atomic mass is 10.0. The second-order valence-electron chi connectivity index (χ2n) is 10.2. The minimum atomic E-state index is -0.271. The van der Waals surface area contributed by atoms with Crippen molar-refractivity contribution in [2.45, 2.75) is 0 Å². The lowest BCUT2D eigenvalue weighted by molar-refractivity contribution is 0.0989. The standard InChI is InChI=1S/C36H22N4O2/c41-33-27(34(42)29-22-24-12-8-7-11-23(24)21-28(29)33)19-20-32-39(25-13-3-1-4-14-25)35-36(40(32)26-15-5-2-6-16-26)38-31-18-10-9-17-30(31)37-35/h1-22H. The average Bonchev–Trinajstić information content (AvgIpc) is 3.47. The van der Waals surface area contributed by atoms with E-state index in [1.165, 1.54) is 0 Å². The summed E-state index contributed by atoms with van der Waals surface area (Å²) in [4.78, 5) is 41.2. The minimum Gasteiger partial charge on any atom is -0.288 e. The highest BCUT2D eigenvalue weighted by Gasteiger charge is 2.38. The van der Waals surface area contributed by atoms with Crippen LogP contribution in [0.2, 0.25) is 0 Å². The van der Waals surface area contributed by atoms with Gasteiger partial charge in [-0.3, -0.25) is 19.4 Å². The van der Waals surface area contributed by atoms with Crippen molar-refractivity contribution in [2.75, 3.05) is 9.80 Å². The predicted octanol–water partition coefficient (Wildman–Crippen LogP) is 7.92. The third-order valence-corrected chi connectivity index (χ3v) is 7.71. The molecule has 42 heavy (non-hydrogen) atoms. The summed E-state index contributed by atoms with van der Waals surface area (Å²) in [5.74, 6) is 1.48. The Kier molecular flexibility index (Phi) is 5.34. The molecule has 6 nitrogen and oxygen atoms in total. The number of nitrogens with zero attached hydrogens (tertiary/aromatic N) is 4. The first-order valence-electron chi connectivity index (χ1n) is 13.7. The Balaban J connectivity index is 1.34. The molecule has 0 unspecified atom stereocenters. The van der Waals surface area contributed by atoms with Gasteiger partial charge in [0.1, 0.15) is 5.82 Å². The van der Waals surface area contributed by atoms with Crippen molar-refractivity contribution < 1.29 is 9.59 Å². The number of anilines is 4. The Hall–Kier alpha value is -5.88. The minimum absolute atomic E-state index is 0.135. The zero-order valence-electron chi connectivity index (χ0n) is 22.3. The number of fused-ring (bicyclic) bond motifs is 4. The van der Waals surface area contributed by atoms with E-state index >= 15 is 0 Å². The van der Waals surface area contributed by atoms with E-state index in [-0.39, 0.29) is 17.1 Å². The Morgan fingerprint density at radius 3 is 1.40 bits per heavy atom. The van der Waals surface area contributed by atoms with Gasteiger partial charge in [0.15, 0.2) is 23.2 Å². The predicted molar refractivity (Wildman–Crippen MR) is 165 cm³/mol. The van der Waals surface area contributed by atoms with Gasteiger partial charge in [-0.2, -0.15) is 0 Å². The van der Waals surface area contributed by atoms with Gasteiger partial charge in [0, 0.05) is 22.5 Å². The van der Waals surface area contributed by atoms with Crippen LogP contribution in [0.4, 0.5) is 23.0 Å². The highest BCUT2D eigenvalue weighted by atomic mass is 16.2. The zero-order chi connectivity index (χ0) is 28.2. The number of carbonyl (C=O) groups is 2. The molecule has 5 aromatic carbocycles. The van der Waals surface area contributed by atoms with Crippen LogP contribution < -0.4 is 9.80 Å². The van der Waals surface area contributed by atoms with Crippen LogP contribution in [0, 0.1) is 0 Å². The lowest BCUT2D eigenvalue weighted by Gasteiger charge is -2.24. The maximum absolute atomic E-state index is 13.6. The van der Waals surface area contributed by atoms with E-state index in [0.29, 0.717) is 28.6 Å². The van der Waals surface area contributed by atoms with E-state index in [1.54, 1.807) is 6.08 Å². The Morgan fingerprint density at radius 2 is 0.929 bits per heavy atom. The van der Waals surface area contributed by atoms with E-state index < -0.39 is 0 Å². The first-order valence-corrected chi connectivity index (χ1v) is 13.7. The normalized spacial score (nSPS) is 14.1. The Morgan fingerprint density at radius 1 is 0.500 bits per heavy atom. The molecular weight excluding hydrogens is 520 g/mol. The number of rotatable bonds is 3. The van der Waals surface area contributed by atoms with E-state index in [1.807, 2.05) is 137 Å². The fraction of sp³-hybridized carbons (Fsp3) is 0. The van der Waals surface area contributed by atoms with Crippen molar-refractivity contribution in [1.82, 2.24) is 9.97 Å². The van der Waals surface area contributed by atoms with Gasteiger partial charge in [-0.1, -0.05) is 72.8 Å². The number of para-hydroxylation sites is 4. The number of allylic oxidation sites excluding steroid dienone is 3. The second-order valence-corrected chi connectivity index (χ2v) is 10.2. The summed E-state index contributed by atoms with van der Waals surface area (Å²) in [6.07, 6.45) is 3.47. The summed E-state index contributed by atoms with van der Waals surface area (Å²) < 4.78 is 0. The van der Waals surface area contributed by atoms with Crippen molar-refractivity contribution in [1.29, 1.82) is 0 Å². The fourth-order valence-corrected chi connectivity index (χ4v) is 5.73.